The zero-order valence-corrected chi connectivity index (χ0v) is 14.4. The molecule has 1 fully saturated rings. The van der Waals surface area contributed by atoms with Gasteiger partial charge in [0.2, 0.25) is 10.0 Å². The lowest BCUT2D eigenvalue weighted by Gasteiger charge is -2.32. The SMILES string of the molecule is COc1cc(N2CCCC(C)S2(=O)=O)ccc1-n1cnc(C)c1. The van der Waals surface area contributed by atoms with Crippen LogP contribution in [-0.4, -0.2) is 36.9 Å². The van der Waals surface area contributed by atoms with Gasteiger partial charge in [-0.05, 0) is 38.8 Å². The number of rotatable bonds is 3. The van der Waals surface area contributed by atoms with Gasteiger partial charge in [-0.15, -0.1) is 0 Å². The summed E-state index contributed by atoms with van der Waals surface area (Å²) in [7, 11) is -1.71. The van der Waals surface area contributed by atoms with Crippen molar-refractivity contribution in [3.8, 4) is 11.4 Å². The van der Waals surface area contributed by atoms with Gasteiger partial charge in [0.15, 0.2) is 0 Å². The second-order valence-corrected chi connectivity index (χ2v) is 8.12. The molecule has 1 aromatic carbocycles. The van der Waals surface area contributed by atoms with Crippen molar-refractivity contribution >= 4 is 15.7 Å². The van der Waals surface area contributed by atoms with E-state index in [0.29, 0.717) is 24.4 Å². The second kappa shape index (κ2) is 5.88. The fourth-order valence-corrected chi connectivity index (χ4v) is 4.57. The summed E-state index contributed by atoms with van der Waals surface area (Å²) in [4.78, 5) is 4.21. The van der Waals surface area contributed by atoms with Gasteiger partial charge in [0.1, 0.15) is 5.75 Å². The molecule has 2 heterocycles. The summed E-state index contributed by atoms with van der Waals surface area (Å²) in [5, 5.41) is -0.349. The molecule has 124 valence electrons. The quantitative estimate of drug-likeness (QED) is 0.864. The monoisotopic (exact) mass is 335 g/mol. The minimum Gasteiger partial charge on any atom is -0.494 e. The van der Waals surface area contributed by atoms with Crippen molar-refractivity contribution in [1.82, 2.24) is 9.55 Å². The molecule has 0 radical (unpaired) electrons. The molecule has 1 unspecified atom stereocenters. The van der Waals surface area contributed by atoms with Gasteiger partial charge in [-0.1, -0.05) is 0 Å². The molecule has 2 aromatic rings. The molecule has 1 atom stereocenters. The van der Waals surface area contributed by atoms with Crippen molar-refractivity contribution in [3.05, 3.63) is 36.4 Å². The first-order chi connectivity index (χ1) is 10.9. The smallest absolute Gasteiger partial charge is 0.237 e. The van der Waals surface area contributed by atoms with Crippen LogP contribution >= 0.6 is 0 Å². The molecule has 3 rings (SSSR count). The average molecular weight is 335 g/mol. The standard InChI is InChI=1S/C16H21N3O3S/c1-12-10-18(11-17-12)15-7-6-14(9-16(15)22-3)19-8-4-5-13(2)23(19,20)21/h6-7,9-11,13H,4-5,8H2,1-3H3. The number of methoxy groups -OCH3 is 1. The Balaban J connectivity index is 2.02. The molecule has 0 aliphatic carbocycles. The largest absolute Gasteiger partial charge is 0.494 e. The van der Waals surface area contributed by atoms with Crippen molar-refractivity contribution in [2.75, 3.05) is 18.0 Å². The van der Waals surface area contributed by atoms with Crippen LogP contribution in [0.4, 0.5) is 5.69 Å². The van der Waals surface area contributed by atoms with Gasteiger partial charge in [0.25, 0.3) is 0 Å². The third kappa shape index (κ3) is 2.81. The highest BCUT2D eigenvalue weighted by molar-refractivity contribution is 7.93. The van der Waals surface area contributed by atoms with Gasteiger partial charge >= 0.3 is 0 Å². The number of hydrogen-bond acceptors (Lipinski definition) is 4. The van der Waals surface area contributed by atoms with Crippen LogP contribution in [-0.2, 0) is 10.0 Å². The molecular formula is C16H21N3O3S. The number of benzene rings is 1. The lowest BCUT2D eigenvalue weighted by Crippen LogP contribution is -2.42. The number of anilines is 1. The van der Waals surface area contributed by atoms with Crippen molar-refractivity contribution in [2.45, 2.75) is 31.9 Å². The molecule has 23 heavy (non-hydrogen) atoms. The van der Waals surface area contributed by atoms with Crippen LogP contribution in [0.25, 0.3) is 5.69 Å². The lowest BCUT2D eigenvalue weighted by molar-refractivity contribution is 0.413. The van der Waals surface area contributed by atoms with Gasteiger partial charge in [0, 0.05) is 18.8 Å². The summed E-state index contributed by atoms with van der Waals surface area (Å²) in [6.45, 7) is 4.19. The minimum atomic E-state index is -3.30. The van der Waals surface area contributed by atoms with Crippen molar-refractivity contribution in [3.63, 3.8) is 0 Å². The van der Waals surface area contributed by atoms with Crippen LogP contribution in [0.15, 0.2) is 30.7 Å². The number of imidazole rings is 1. The van der Waals surface area contributed by atoms with E-state index in [0.717, 1.165) is 17.8 Å². The van der Waals surface area contributed by atoms with Crippen LogP contribution in [0.3, 0.4) is 0 Å². The first kappa shape index (κ1) is 15.9. The molecule has 1 aromatic heterocycles. The Labute approximate surface area is 136 Å². The van der Waals surface area contributed by atoms with E-state index < -0.39 is 10.0 Å². The van der Waals surface area contributed by atoms with Gasteiger partial charge in [-0.25, -0.2) is 13.4 Å². The summed E-state index contributed by atoms with van der Waals surface area (Å²) in [5.41, 5.74) is 2.39. The number of aromatic nitrogens is 2. The number of hydrogen-bond donors (Lipinski definition) is 0. The van der Waals surface area contributed by atoms with Gasteiger partial charge in [-0.3, -0.25) is 4.31 Å². The highest BCUT2D eigenvalue weighted by Gasteiger charge is 2.33. The van der Waals surface area contributed by atoms with Crippen LogP contribution in [0.2, 0.25) is 0 Å². The van der Waals surface area contributed by atoms with Crippen molar-refractivity contribution in [1.29, 1.82) is 0 Å². The molecule has 0 N–H and O–H groups in total. The van der Waals surface area contributed by atoms with E-state index in [1.807, 2.05) is 29.8 Å². The second-order valence-electron chi connectivity index (χ2n) is 5.85. The van der Waals surface area contributed by atoms with E-state index in [1.54, 1.807) is 26.4 Å². The topological polar surface area (TPSA) is 64.4 Å². The minimum absolute atomic E-state index is 0.349. The zero-order chi connectivity index (χ0) is 16.6. The molecule has 7 heteroatoms. The highest BCUT2D eigenvalue weighted by Crippen LogP contribution is 2.33. The number of ether oxygens (including phenoxy) is 1. The first-order valence-electron chi connectivity index (χ1n) is 7.64. The molecule has 1 aliphatic rings. The summed E-state index contributed by atoms with van der Waals surface area (Å²) in [5.74, 6) is 0.619. The van der Waals surface area contributed by atoms with Crippen molar-refractivity contribution in [2.24, 2.45) is 0 Å². The fraction of sp³-hybridized carbons (Fsp3) is 0.438. The van der Waals surface area contributed by atoms with Gasteiger partial charge < -0.3 is 9.30 Å². The predicted octanol–water partition coefficient (Wildman–Crippen LogP) is 2.51. The Kier molecular flexibility index (Phi) is 4.06. The van der Waals surface area contributed by atoms with Crippen LogP contribution in [0.5, 0.6) is 5.75 Å². The van der Waals surface area contributed by atoms with E-state index >= 15 is 0 Å². The van der Waals surface area contributed by atoms with E-state index in [2.05, 4.69) is 4.98 Å². The molecule has 1 saturated heterocycles. The Morgan fingerprint density at radius 3 is 2.78 bits per heavy atom. The molecular weight excluding hydrogens is 314 g/mol. The Morgan fingerprint density at radius 1 is 1.35 bits per heavy atom. The number of aryl methyl sites for hydroxylation is 1. The number of nitrogens with zero attached hydrogens (tertiary/aromatic N) is 3. The number of sulfonamides is 1. The predicted molar refractivity (Wildman–Crippen MR) is 89.8 cm³/mol. The maximum Gasteiger partial charge on any atom is 0.237 e. The van der Waals surface area contributed by atoms with E-state index in [4.69, 9.17) is 4.74 Å². The Bertz CT molecular complexity index is 814. The third-order valence-corrected chi connectivity index (χ3v) is 6.49. The van der Waals surface area contributed by atoms with Crippen LogP contribution in [0, 0.1) is 6.92 Å². The van der Waals surface area contributed by atoms with E-state index in [9.17, 15) is 8.42 Å². The highest BCUT2D eigenvalue weighted by atomic mass is 32.2. The maximum atomic E-state index is 12.5. The van der Waals surface area contributed by atoms with Crippen molar-refractivity contribution < 1.29 is 13.2 Å². The molecule has 0 amide bonds. The summed E-state index contributed by atoms with van der Waals surface area (Å²) in [6, 6.07) is 5.47. The first-order valence-corrected chi connectivity index (χ1v) is 9.14. The molecule has 0 bridgehead atoms. The fourth-order valence-electron chi connectivity index (χ4n) is 2.88. The van der Waals surface area contributed by atoms with Gasteiger partial charge in [-0.2, -0.15) is 0 Å². The summed E-state index contributed by atoms with van der Waals surface area (Å²) >= 11 is 0. The Morgan fingerprint density at radius 2 is 2.13 bits per heavy atom. The molecule has 0 saturated carbocycles. The summed E-state index contributed by atoms with van der Waals surface area (Å²) < 4.78 is 33.9. The van der Waals surface area contributed by atoms with Gasteiger partial charge in [0.05, 0.1) is 35.8 Å². The normalized spacial score (nSPS) is 20.5. The molecule has 0 spiro atoms. The molecule has 6 nitrogen and oxygen atoms in total. The zero-order valence-electron chi connectivity index (χ0n) is 13.6. The third-order valence-electron chi connectivity index (χ3n) is 4.23. The Hall–Kier alpha value is -2.02. The lowest BCUT2D eigenvalue weighted by atomic mass is 10.2. The summed E-state index contributed by atoms with van der Waals surface area (Å²) in [6.07, 6.45) is 5.19. The average Bonchev–Trinajstić information content (AvgIpc) is 2.95. The van der Waals surface area contributed by atoms with Crippen LogP contribution < -0.4 is 9.04 Å². The van der Waals surface area contributed by atoms with E-state index in [-0.39, 0.29) is 5.25 Å². The maximum absolute atomic E-state index is 12.5. The van der Waals surface area contributed by atoms with E-state index in [1.165, 1.54) is 4.31 Å². The van der Waals surface area contributed by atoms with Crippen LogP contribution in [0.1, 0.15) is 25.5 Å². The molecule has 1 aliphatic heterocycles.